The van der Waals surface area contributed by atoms with Gasteiger partial charge in [0.05, 0.1) is 6.61 Å². The first-order valence-corrected chi connectivity index (χ1v) is 8.30. The van der Waals surface area contributed by atoms with Gasteiger partial charge < -0.3 is 4.74 Å². The summed E-state index contributed by atoms with van der Waals surface area (Å²) in [4.78, 5) is 11.3. The minimum absolute atomic E-state index is 0.0519. The van der Waals surface area contributed by atoms with E-state index >= 15 is 0 Å². The first kappa shape index (κ1) is 17.7. The number of esters is 1. The molecule has 0 aliphatic heterocycles. The summed E-state index contributed by atoms with van der Waals surface area (Å²) in [5.41, 5.74) is 0. The number of halogens is 1. The average molecular weight is 319 g/mol. The SMILES string of the molecule is CCCCC/C=C\CCOC(=O)CCCCCBr. The number of unbranched alkanes of at least 4 members (excludes halogenated alkanes) is 5. The van der Waals surface area contributed by atoms with Crippen LogP contribution >= 0.6 is 15.9 Å². The van der Waals surface area contributed by atoms with Crippen molar-refractivity contribution in [3.63, 3.8) is 0 Å². The largest absolute Gasteiger partial charge is 0.465 e. The maximum atomic E-state index is 11.3. The highest BCUT2D eigenvalue weighted by atomic mass is 79.9. The Balaban J connectivity index is 3.24. The van der Waals surface area contributed by atoms with Gasteiger partial charge in [0.15, 0.2) is 0 Å². The van der Waals surface area contributed by atoms with Crippen LogP contribution in [0.4, 0.5) is 0 Å². The first-order valence-electron chi connectivity index (χ1n) is 7.17. The van der Waals surface area contributed by atoms with Crippen molar-refractivity contribution in [2.24, 2.45) is 0 Å². The van der Waals surface area contributed by atoms with Gasteiger partial charge in [-0.05, 0) is 32.1 Å². The van der Waals surface area contributed by atoms with E-state index in [1.54, 1.807) is 0 Å². The fourth-order valence-corrected chi connectivity index (χ4v) is 2.00. The lowest BCUT2D eigenvalue weighted by Gasteiger charge is -2.02. The van der Waals surface area contributed by atoms with Gasteiger partial charge in [-0.1, -0.05) is 54.3 Å². The summed E-state index contributed by atoms with van der Waals surface area (Å²) in [6.07, 6.45) is 13.9. The molecule has 0 aromatic heterocycles. The summed E-state index contributed by atoms with van der Waals surface area (Å²) in [6, 6.07) is 0. The minimum Gasteiger partial charge on any atom is -0.465 e. The Morgan fingerprint density at radius 1 is 1.06 bits per heavy atom. The lowest BCUT2D eigenvalue weighted by Crippen LogP contribution is -2.04. The molecule has 0 radical (unpaired) electrons. The molecule has 0 rings (SSSR count). The maximum Gasteiger partial charge on any atom is 0.305 e. The molecule has 0 saturated heterocycles. The lowest BCUT2D eigenvalue weighted by molar-refractivity contribution is -0.143. The van der Waals surface area contributed by atoms with Gasteiger partial charge >= 0.3 is 5.97 Å². The summed E-state index contributed by atoms with van der Waals surface area (Å²) < 4.78 is 5.15. The molecule has 0 aromatic carbocycles. The summed E-state index contributed by atoms with van der Waals surface area (Å²) >= 11 is 3.37. The Morgan fingerprint density at radius 3 is 2.56 bits per heavy atom. The molecule has 0 N–H and O–H groups in total. The van der Waals surface area contributed by atoms with E-state index < -0.39 is 0 Å². The Hall–Kier alpha value is -0.310. The number of hydrogen-bond acceptors (Lipinski definition) is 2. The summed E-state index contributed by atoms with van der Waals surface area (Å²) in [5.74, 6) is -0.0519. The van der Waals surface area contributed by atoms with E-state index in [-0.39, 0.29) is 5.97 Å². The third kappa shape index (κ3) is 13.8. The fourth-order valence-electron chi connectivity index (χ4n) is 1.60. The predicted molar refractivity (Wildman–Crippen MR) is 81.1 cm³/mol. The van der Waals surface area contributed by atoms with Crippen molar-refractivity contribution in [2.75, 3.05) is 11.9 Å². The van der Waals surface area contributed by atoms with Crippen LogP contribution in [-0.4, -0.2) is 17.9 Å². The topological polar surface area (TPSA) is 26.3 Å². The molecule has 2 nitrogen and oxygen atoms in total. The van der Waals surface area contributed by atoms with E-state index in [1.165, 1.54) is 19.3 Å². The highest BCUT2D eigenvalue weighted by Gasteiger charge is 2.00. The van der Waals surface area contributed by atoms with E-state index in [4.69, 9.17) is 4.74 Å². The van der Waals surface area contributed by atoms with E-state index in [0.29, 0.717) is 13.0 Å². The highest BCUT2D eigenvalue weighted by molar-refractivity contribution is 9.09. The monoisotopic (exact) mass is 318 g/mol. The molecule has 0 unspecified atom stereocenters. The van der Waals surface area contributed by atoms with Gasteiger partial charge in [-0.25, -0.2) is 0 Å². The number of rotatable bonds is 12. The number of carbonyl (C=O) groups excluding carboxylic acids is 1. The fraction of sp³-hybridized carbons (Fsp3) is 0.800. The van der Waals surface area contributed by atoms with Crippen molar-refractivity contribution in [3.05, 3.63) is 12.2 Å². The van der Waals surface area contributed by atoms with Gasteiger partial charge in [0.2, 0.25) is 0 Å². The smallest absolute Gasteiger partial charge is 0.305 e. The summed E-state index contributed by atoms with van der Waals surface area (Å²) in [5, 5.41) is 1.02. The Bertz CT molecular complexity index is 215. The van der Waals surface area contributed by atoms with Crippen molar-refractivity contribution >= 4 is 21.9 Å². The van der Waals surface area contributed by atoms with Crippen LogP contribution in [0.2, 0.25) is 0 Å². The van der Waals surface area contributed by atoms with Crippen LogP contribution in [-0.2, 0) is 9.53 Å². The van der Waals surface area contributed by atoms with Gasteiger partial charge in [-0.3, -0.25) is 4.79 Å². The van der Waals surface area contributed by atoms with Gasteiger partial charge in [-0.15, -0.1) is 0 Å². The van der Waals surface area contributed by atoms with Crippen LogP contribution < -0.4 is 0 Å². The molecule has 0 aliphatic rings. The molecule has 0 aliphatic carbocycles. The lowest BCUT2D eigenvalue weighted by atomic mass is 10.2. The van der Waals surface area contributed by atoms with Crippen LogP contribution in [0.5, 0.6) is 0 Å². The highest BCUT2D eigenvalue weighted by Crippen LogP contribution is 2.04. The number of allylic oxidation sites excluding steroid dienone is 1. The molecule has 3 heteroatoms. The van der Waals surface area contributed by atoms with E-state index in [2.05, 4.69) is 35.0 Å². The van der Waals surface area contributed by atoms with Crippen LogP contribution in [0.3, 0.4) is 0 Å². The number of ether oxygens (including phenoxy) is 1. The van der Waals surface area contributed by atoms with Gasteiger partial charge in [0.25, 0.3) is 0 Å². The third-order valence-corrected chi connectivity index (χ3v) is 3.26. The molecule has 0 spiro atoms. The van der Waals surface area contributed by atoms with E-state index in [1.807, 2.05) is 0 Å². The van der Waals surface area contributed by atoms with E-state index in [9.17, 15) is 4.79 Å². The molecule has 0 fully saturated rings. The minimum atomic E-state index is -0.0519. The van der Waals surface area contributed by atoms with Crippen LogP contribution in [0.1, 0.15) is 64.7 Å². The standard InChI is InChI=1S/C15H27BrO2/c1-2-3-4-5-6-7-11-14-18-15(17)12-9-8-10-13-16/h6-7H,2-5,8-14H2,1H3/b7-6-. The molecule has 0 saturated carbocycles. The zero-order valence-electron chi connectivity index (χ0n) is 11.6. The molecule has 0 bridgehead atoms. The van der Waals surface area contributed by atoms with Crippen LogP contribution in [0.25, 0.3) is 0 Å². The van der Waals surface area contributed by atoms with Crippen molar-refractivity contribution in [1.29, 1.82) is 0 Å². The second-order valence-corrected chi connectivity index (χ2v) is 5.27. The molecule has 0 heterocycles. The van der Waals surface area contributed by atoms with Crippen LogP contribution in [0.15, 0.2) is 12.2 Å². The Kier molecular flexibility index (Phi) is 14.5. The number of carbonyl (C=O) groups is 1. The molecular weight excluding hydrogens is 292 g/mol. The summed E-state index contributed by atoms with van der Waals surface area (Å²) in [6.45, 7) is 2.74. The van der Waals surface area contributed by atoms with E-state index in [0.717, 1.165) is 37.4 Å². The molecule has 0 aromatic rings. The second kappa shape index (κ2) is 14.7. The number of hydrogen-bond donors (Lipinski definition) is 0. The zero-order valence-corrected chi connectivity index (χ0v) is 13.2. The quantitative estimate of drug-likeness (QED) is 0.219. The van der Waals surface area contributed by atoms with Gasteiger partial charge in [0, 0.05) is 11.8 Å². The van der Waals surface area contributed by atoms with Crippen molar-refractivity contribution in [3.8, 4) is 0 Å². The summed E-state index contributed by atoms with van der Waals surface area (Å²) in [7, 11) is 0. The third-order valence-electron chi connectivity index (χ3n) is 2.70. The molecule has 106 valence electrons. The molecular formula is C15H27BrO2. The van der Waals surface area contributed by atoms with Crippen molar-refractivity contribution < 1.29 is 9.53 Å². The molecule has 0 atom stereocenters. The van der Waals surface area contributed by atoms with Crippen molar-refractivity contribution in [1.82, 2.24) is 0 Å². The maximum absolute atomic E-state index is 11.3. The van der Waals surface area contributed by atoms with Crippen molar-refractivity contribution in [2.45, 2.75) is 64.7 Å². The first-order chi connectivity index (χ1) is 8.81. The Morgan fingerprint density at radius 2 is 1.83 bits per heavy atom. The number of alkyl halides is 1. The Labute approximate surface area is 120 Å². The second-order valence-electron chi connectivity index (χ2n) is 4.48. The van der Waals surface area contributed by atoms with Crippen LogP contribution in [0, 0.1) is 0 Å². The average Bonchev–Trinajstić information content (AvgIpc) is 2.38. The normalized spacial score (nSPS) is 11.0. The molecule has 0 amide bonds. The van der Waals surface area contributed by atoms with Gasteiger partial charge in [0.1, 0.15) is 0 Å². The predicted octanol–water partition coefficient (Wildman–Crippen LogP) is 5.01. The zero-order chi connectivity index (χ0) is 13.5. The van der Waals surface area contributed by atoms with Gasteiger partial charge in [-0.2, -0.15) is 0 Å². The molecule has 18 heavy (non-hydrogen) atoms.